The number of amides is 1. The number of aromatic nitrogens is 3. The first-order valence-corrected chi connectivity index (χ1v) is 7.91. The third-order valence-corrected chi connectivity index (χ3v) is 3.94. The average molecular weight is 328 g/mol. The molecule has 0 aliphatic rings. The summed E-state index contributed by atoms with van der Waals surface area (Å²) in [6.07, 6.45) is 0. The molecule has 0 atom stereocenters. The number of carbonyl (C=O) groups excluding carboxylic acids is 1. The highest BCUT2D eigenvalue weighted by Crippen LogP contribution is 2.21. The molecule has 3 aromatic rings. The average Bonchev–Trinajstić information content (AvgIpc) is 3.08. The van der Waals surface area contributed by atoms with E-state index in [0.29, 0.717) is 30.1 Å². The SMILES string of the molecule is Cc1noc(C(C)C)c1C(=O)NCCn1c(=O)[nH]c2ccccc21. The topological polar surface area (TPSA) is 92.9 Å². The highest BCUT2D eigenvalue weighted by atomic mass is 16.5. The molecular weight excluding hydrogens is 308 g/mol. The molecule has 0 unspecified atom stereocenters. The van der Waals surface area contributed by atoms with Crippen LogP contribution in [0.15, 0.2) is 33.6 Å². The second-order valence-electron chi connectivity index (χ2n) is 6.02. The van der Waals surface area contributed by atoms with E-state index < -0.39 is 0 Å². The molecule has 0 bridgehead atoms. The molecule has 126 valence electrons. The van der Waals surface area contributed by atoms with E-state index in [-0.39, 0.29) is 17.5 Å². The Kier molecular flexibility index (Phi) is 4.24. The lowest BCUT2D eigenvalue weighted by atomic mass is 10.0. The fourth-order valence-corrected chi connectivity index (χ4v) is 2.76. The third kappa shape index (κ3) is 2.84. The maximum Gasteiger partial charge on any atom is 0.326 e. The summed E-state index contributed by atoms with van der Waals surface area (Å²) in [7, 11) is 0. The van der Waals surface area contributed by atoms with E-state index in [0.717, 1.165) is 11.0 Å². The quantitative estimate of drug-likeness (QED) is 0.751. The zero-order valence-corrected chi connectivity index (χ0v) is 13.9. The van der Waals surface area contributed by atoms with Crippen LogP contribution < -0.4 is 11.0 Å². The van der Waals surface area contributed by atoms with Crippen LogP contribution in [0.25, 0.3) is 11.0 Å². The van der Waals surface area contributed by atoms with E-state index in [1.54, 1.807) is 11.5 Å². The molecule has 0 fully saturated rings. The number of aryl methyl sites for hydroxylation is 1. The minimum Gasteiger partial charge on any atom is -0.360 e. The van der Waals surface area contributed by atoms with Gasteiger partial charge in [-0.2, -0.15) is 0 Å². The predicted octanol–water partition coefficient (Wildman–Crippen LogP) is 2.18. The van der Waals surface area contributed by atoms with Crippen molar-refractivity contribution in [3.05, 3.63) is 51.8 Å². The molecule has 3 rings (SSSR count). The van der Waals surface area contributed by atoms with Crippen molar-refractivity contribution < 1.29 is 9.32 Å². The first kappa shape index (κ1) is 16.0. The molecule has 7 heteroatoms. The van der Waals surface area contributed by atoms with E-state index in [4.69, 9.17) is 4.52 Å². The summed E-state index contributed by atoms with van der Waals surface area (Å²) >= 11 is 0. The van der Waals surface area contributed by atoms with Gasteiger partial charge in [-0.1, -0.05) is 31.1 Å². The Hall–Kier alpha value is -2.83. The smallest absolute Gasteiger partial charge is 0.326 e. The summed E-state index contributed by atoms with van der Waals surface area (Å²) in [6.45, 7) is 6.36. The van der Waals surface area contributed by atoms with Gasteiger partial charge in [-0.15, -0.1) is 0 Å². The number of carbonyl (C=O) groups is 1. The van der Waals surface area contributed by atoms with Gasteiger partial charge in [-0.25, -0.2) is 4.79 Å². The Balaban J connectivity index is 1.73. The van der Waals surface area contributed by atoms with Gasteiger partial charge in [0.25, 0.3) is 5.91 Å². The summed E-state index contributed by atoms with van der Waals surface area (Å²) in [6, 6.07) is 7.46. The largest absolute Gasteiger partial charge is 0.360 e. The van der Waals surface area contributed by atoms with Crippen molar-refractivity contribution in [2.45, 2.75) is 33.2 Å². The molecular formula is C17H20N4O3. The zero-order valence-electron chi connectivity index (χ0n) is 13.9. The first-order valence-electron chi connectivity index (χ1n) is 7.91. The molecule has 0 spiro atoms. The number of imidazole rings is 1. The van der Waals surface area contributed by atoms with Crippen LogP contribution in [-0.2, 0) is 6.54 Å². The van der Waals surface area contributed by atoms with Crippen molar-refractivity contribution in [2.24, 2.45) is 0 Å². The lowest BCUT2D eigenvalue weighted by Gasteiger charge is -2.08. The molecule has 1 aromatic carbocycles. The van der Waals surface area contributed by atoms with Crippen LogP contribution in [0.4, 0.5) is 0 Å². The Morgan fingerprint density at radius 3 is 2.88 bits per heavy atom. The Labute approximate surface area is 138 Å². The fraction of sp³-hybridized carbons (Fsp3) is 0.353. The van der Waals surface area contributed by atoms with Crippen molar-refractivity contribution in [2.75, 3.05) is 6.54 Å². The van der Waals surface area contributed by atoms with Crippen molar-refractivity contribution >= 4 is 16.9 Å². The summed E-state index contributed by atoms with van der Waals surface area (Å²) in [5.74, 6) is 0.419. The van der Waals surface area contributed by atoms with E-state index in [1.165, 1.54) is 0 Å². The molecule has 2 N–H and O–H groups in total. The number of nitrogens with one attached hydrogen (secondary N) is 2. The summed E-state index contributed by atoms with van der Waals surface area (Å²) in [5.41, 5.74) is 2.47. The summed E-state index contributed by atoms with van der Waals surface area (Å²) in [4.78, 5) is 27.2. The monoisotopic (exact) mass is 328 g/mol. The number of benzene rings is 1. The normalized spacial score (nSPS) is 11.3. The molecule has 1 amide bonds. The van der Waals surface area contributed by atoms with Crippen LogP contribution >= 0.6 is 0 Å². The van der Waals surface area contributed by atoms with Crippen molar-refractivity contribution in [3.8, 4) is 0 Å². The Morgan fingerprint density at radius 1 is 1.38 bits per heavy atom. The molecule has 2 aromatic heterocycles. The van der Waals surface area contributed by atoms with Crippen molar-refractivity contribution in [3.63, 3.8) is 0 Å². The fourth-order valence-electron chi connectivity index (χ4n) is 2.76. The van der Waals surface area contributed by atoms with Gasteiger partial charge in [0.15, 0.2) is 5.76 Å². The zero-order chi connectivity index (χ0) is 17.3. The Morgan fingerprint density at radius 2 is 2.12 bits per heavy atom. The van der Waals surface area contributed by atoms with Gasteiger partial charge in [0.05, 0.1) is 16.7 Å². The van der Waals surface area contributed by atoms with Gasteiger partial charge in [-0.3, -0.25) is 9.36 Å². The first-order chi connectivity index (χ1) is 11.5. The number of para-hydroxylation sites is 2. The van der Waals surface area contributed by atoms with Crippen LogP contribution in [-0.4, -0.2) is 27.2 Å². The second-order valence-corrected chi connectivity index (χ2v) is 6.02. The Bertz CT molecular complexity index is 933. The molecule has 7 nitrogen and oxygen atoms in total. The number of rotatable bonds is 5. The highest BCUT2D eigenvalue weighted by Gasteiger charge is 2.22. The van der Waals surface area contributed by atoms with Crippen molar-refractivity contribution in [1.82, 2.24) is 20.0 Å². The van der Waals surface area contributed by atoms with Gasteiger partial charge in [0.2, 0.25) is 0 Å². The standard InChI is InChI=1S/C17H20N4O3/c1-10(2)15-14(11(3)20-24-15)16(22)18-8-9-21-13-7-5-4-6-12(13)19-17(21)23/h4-7,10H,8-9H2,1-3H3,(H,18,22)(H,19,23). The lowest BCUT2D eigenvalue weighted by molar-refractivity contribution is 0.0949. The minimum atomic E-state index is -0.231. The molecule has 0 saturated carbocycles. The number of fused-ring (bicyclic) bond motifs is 1. The van der Waals surface area contributed by atoms with Crippen LogP contribution in [0.3, 0.4) is 0 Å². The summed E-state index contributed by atoms with van der Waals surface area (Å²) < 4.78 is 6.85. The maximum atomic E-state index is 12.4. The molecule has 2 heterocycles. The number of H-pyrrole nitrogens is 1. The molecule has 0 saturated heterocycles. The number of hydrogen-bond donors (Lipinski definition) is 2. The maximum absolute atomic E-state index is 12.4. The van der Waals surface area contributed by atoms with Crippen LogP contribution in [0.1, 0.15) is 41.6 Å². The molecule has 24 heavy (non-hydrogen) atoms. The van der Waals surface area contributed by atoms with Gasteiger partial charge >= 0.3 is 5.69 Å². The van der Waals surface area contributed by atoms with Crippen LogP contribution in [0, 0.1) is 6.92 Å². The van der Waals surface area contributed by atoms with Gasteiger partial charge in [0, 0.05) is 19.0 Å². The highest BCUT2D eigenvalue weighted by molar-refractivity contribution is 5.96. The predicted molar refractivity (Wildman–Crippen MR) is 90.2 cm³/mol. The molecule has 0 radical (unpaired) electrons. The third-order valence-electron chi connectivity index (χ3n) is 3.94. The van der Waals surface area contributed by atoms with Gasteiger partial charge in [-0.05, 0) is 19.1 Å². The van der Waals surface area contributed by atoms with E-state index >= 15 is 0 Å². The van der Waals surface area contributed by atoms with E-state index in [1.807, 2.05) is 38.1 Å². The number of nitrogens with zero attached hydrogens (tertiary/aromatic N) is 2. The minimum absolute atomic E-state index is 0.0724. The van der Waals surface area contributed by atoms with Crippen molar-refractivity contribution in [1.29, 1.82) is 0 Å². The van der Waals surface area contributed by atoms with E-state index in [2.05, 4.69) is 15.5 Å². The molecule has 0 aliphatic heterocycles. The molecule has 0 aliphatic carbocycles. The van der Waals surface area contributed by atoms with Gasteiger partial charge < -0.3 is 14.8 Å². The summed E-state index contributed by atoms with van der Waals surface area (Å²) in [5, 5.41) is 6.71. The van der Waals surface area contributed by atoms with Gasteiger partial charge in [0.1, 0.15) is 5.56 Å². The van der Waals surface area contributed by atoms with Crippen LogP contribution in [0.5, 0.6) is 0 Å². The van der Waals surface area contributed by atoms with Crippen LogP contribution in [0.2, 0.25) is 0 Å². The number of hydrogen-bond acceptors (Lipinski definition) is 4. The second kappa shape index (κ2) is 6.35. The van der Waals surface area contributed by atoms with E-state index in [9.17, 15) is 9.59 Å². The number of aromatic amines is 1. The lowest BCUT2D eigenvalue weighted by Crippen LogP contribution is -2.30.